The molecule has 0 amide bonds. The van der Waals surface area contributed by atoms with Crippen LogP contribution in [0.2, 0.25) is 0 Å². The molecular weight excluding hydrogens is 252 g/mol. The van der Waals surface area contributed by atoms with E-state index in [-0.39, 0.29) is 17.1 Å². The second kappa shape index (κ2) is 5.61. The number of rotatable bonds is 3. The quantitative estimate of drug-likeness (QED) is 0.605. The molecule has 19 heavy (non-hydrogen) atoms. The van der Waals surface area contributed by atoms with Gasteiger partial charge in [-0.2, -0.15) is 0 Å². The molecule has 102 valence electrons. The van der Waals surface area contributed by atoms with E-state index in [1.54, 1.807) is 0 Å². The molecule has 0 aromatic carbocycles. The molecule has 1 aliphatic heterocycles. The van der Waals surface area contributed by atoms with Gasteiger partial charge < -0.3 is 15.3 Å². The maximum absolute atomic E-state index is 11.1. The van der Waals surface area contributed by atoms with Gasteiger partial charge >= 0.3 is 11.7 Å². The number of hydrogen-bond donors (Lipinski definition) is 2. The minimum atomic E-state index is -1.22. The van der Waals surface area contributed by atoms with Gasteiger partial charge in [0, 0.05) is 31.9 Å². The van der Waals surface area contributed by atoms with Crippen LogP contribution in [0.25, 0.3) is 0 Å². The normalized spacial score (nSPS) is 15.9. The number of carboxylic acid groups (broad SMARTS) is 1. The van der Waals surface area contributed by atoms with Crippen molar-refractivity contribution in [3.05, 3.63) is 27.9 Å². The minimum Gasteiger partial charge on any atom is -0.478 e. The molecule has 1 aromatic rings. The Morgan fingerprint density at radius 3 is 2.95 bits per heavy atom. The zero-order valence-electron chi connectivity index (χ0n) is 10.2. The van der Waals surface area contributed by atoms with Gasteiger partial charge in [-0.15, -0.1) is 0 Å². The van der Waals surface area contributed by atoms with E-state index in [1.165, 1.54) is 0 Å². The summed E-state index contributed by atoms with van der Waals surface area (Å²) in [6.07, 6.45) is 2.02. The molecule has 0 unspecified atom stereocenters. The minimum absolute atomic E-state index is 0.177. The molecule has 0 atom stereocenters. The molecular formula is C11H14N4O4. The molecule has 1 aromatic heterocycles. The third-order valence-electron chi connectivity index (χ3n) is 2.93. The fourth-order valence-electron chi connectivity index (χ4n) is 2.00. The van der Waals surface area contributed by atoms with Crippen LogP contribution in [0, 0.1) is 10.1 Å². The van der Waals surface area contributed by atoms with Crippen molar-refractivity contribution in [2.75, 3.05) is 31.1 Å². The topological polar surface area (TPSA) is 109 Å². The number of nitrogens with zero attached hydrogens (tertiary/aromatic N) is 3. The summed E-state index contributed by atoms with van der Waals surface area (Å²) < 4.78 is 0. The Labute approximate surface area is 109 Å². The Hall–Kier alpha value is -2.22. The van der Waals surface area contributed by atoms with Crippen molar-refractivity contribution < 1.29 is 14.8 Å². The van der Waals surface area contributed by atoms with Crippen molar-refractivity contribution in [2.45, 2.75) is 6.42 Å². The molecule has 0 radical (unpaired) electrons. The number of carbonyl (C=O) groups is 1. The van der Waals surface area contributed by atoms with E-state index in [9.17, 15) is 14.9 Å². The van der Waals surface area contributed by atoms with E-state index >= 15 is 0 Å². The lowest BCUT2D eigenvalue weighted by Gasteiger charge is -2.20. The molecule has 2 heterocycles. The summed E-state index contributed by atoms with van der Waals surface area (Å²) in [6.45, 7) is 2.85. The third kappa shape index (κ3) is 2.97. The molecule has 0 aliphatic carbocycles. The number of carboxylic acids is 1. The lowest BCUT2D eigenvalue weighted by atomic mass is 10.2. The van der Waals surface area contributed by atoms with Gasteiger partial charge in [0.25, 0.3) is 0 Å². The maximum atomic E-state index is 11.1. The van der Waals surface area contributed by atoms with Gasteiger partial charge in [-0.25, -0.2) is 9.78 Å². The number of anilines is 1. The van der Waals surface area contributed by atoms with Crippen LogP contribution in [0.1, 0.15) is 16.8 Å². The predicted molar refractivity (Wildman–Crippen MR) is 67.6 cm³/mol. The summed E-state index contributed by atoms with van der Waals surface area (Å²) in [6, 6.07) is 1.06. The highest BCUT2D eigenvalue weighted by Gasteiger charge is 2.23. The molecule has 0 bridgehead atoms. The predicted octanol–water partition coefficient (Wildman–Crippen LogP) is 0.488. The van der Waals surface area contributed by atoms with Gasteiger partial charge in [-0.1, -0.05) is 0 Å². The summed E-state index contributed by atoms with van der Waals surface area (Å²) in [4.78, 5) is 27.1. The molecule has 1 saturated heterocycles. The number of aromatic nitrogens is 1. The van der Waals surface area contributed by atoms with Gasteiger partial charge in [0.05, 0.1) is 10.5 Å². The number of nitrogens with one attached hydrogen (secondary N) is 1. The van der Waals surface area contributed by atoms with E-state index in [4.69, 9.17) is 5.11 Å². The number of pyridine rings is 1. The Kier molecular flexibility index (Phi) is 3.91. The first-order valence-electron chi connectivity index (χ1n) is 5.93. The Morgan fingerprint density at radius 1 is 1.47 bits per heavy atom. The average molecular weight is 266 g/mol. The zero-order chi connectivity index (χ0) is 13.8. The molecule has 0 saturated carbocycles. The van der Waals surface area contributed by atoms with Gasteiger partial charge in [0.15, 0.2) is 0 Å². The van der Waals surface area contributed by atoms with Crippen molar-refractivity contribution in [1.82, 2.24) is 10.3 Å². The zero-order valence-corrected chi connectivity index (χ0v) is 10.2. The molecule has 1 aliphatic rings. The largest absolute Gasteiger partial charge is 0.478 e. The van der Waals surface area contributed by atoms with Gasteiger partial charge in [-0.3, -0.25) is 10.1 Å². The molecule has 2 N–H and O–H groups in total. The van der Waals surface area contributed by atoms with Crippen LogP contribution in [0.4, 0.5) is 11.5 Å². The van der Waals surface area contributed by atoms with Crippen molar-refractivity contribution in [3.63, 3.8) is 0 Å². The van der Waals surface area contributed by atoms with Crippen LogP contribution in [0.5, 0.6) is 0 Å². The Morgan fingerprint density at radius 2 is 2.26 bits per heavy atom. The van der Waals surface area contributed by atoms with E-state index in [0.717, 1.165) is 31.8 Å². The third-order valence-corrected chi connectivity index (χ3v) is 2.93. The summed E-state index contributed by atoms with van der Waals surface area (Å²) in [5.74, 6) is -0.988. The van der Waals surface area contributed by atoms with Crippen molar-refractivity contribution in [3.8, 4) is 0 Å². The fourth-order valence-corrected chi connectivity index (χ4v) is 2.00. The molecule has 8 heteroatoms. The first-order valence-corrected chi connectivity index (χ1v) is 5.93. The van der Waals surface area contributed by atoms with Gasteiger partial charge in [0.2, 0.25) is 5.82 Å². The highest BCUT2D eigenvalue weighted by atomic mass is 16.6. The van der Waals surface area contributed by atoms with Crippen molar-refractivity contribution >= 4 is 17.5 Å². The van der Waals surface area contributed by atoms with Gasteiger partial charge in [-0.05, 0) is 13.0 Å². The monoisotopic (exact) mass is 266 g/mol. The molecule has 0 spiro atoms. The summed E-state index contributed by atoms with van der Waals surface area (Å²) in [5.41, 5.74) is -0.440. The Bertz CT molecular complexity index is 497. The van der Waals surface area contributed by atoms with Gasteiger partial charge in [0.1, 0.15) is 0 Å². The summed E-state index contributed by atoms with van der Waals surface area (Å²) in [7, 11) is 0. The van der Waals surface area contributed by atoms with Crippen LogP contribution >= 0.6 is 0 Å². The second-order valence-corrected chi connectivity index (χ2v) is 4.22. The van der Waals surface area contributed by atoms with E-state index in [1.807, 2.05) is 4.90 Å². The van der Waals surface area contributed by atoms with Crippen LogP contribution in [-0.4, -0.2) is 47.2 Å². The molecule has 2 rings (SSSR count). The van der Waals surface area contributed by atoms with E-state index in [0.29, 0.717) is 13.1 Å². The number of aromatic carboxylic acids is 1. The lowest BCUT2D eigenvalue weighted by molar-refractivity contribution is -0.384. The summed E-state index contributed by atoms with van der Waals surface area (Å²) >= 11 is 0. The average Bonchev–Trinajstić information content (AvgIpc) is 2.66. The van der Waals surface area contributed by atoms with E-state index < -0.39 is 10.9 Å². The highest BCUT2D eigenvalue weighted by molar-refractivity contribution is 5.88. The van der Waals surface area contributed by atoms with Crippen molar-refractivity contribution in [2.24, 2.45) is 0 Å². The first-order chi connectivity index (χ1) is 9.09. The second-order valence-electron chi connectivity index (χ2n) is 4.22. The number of hydrogen-bond acceptors (Lipinski definition) is 6. The standard InChI is InChI=1S/C11H14N4O4/c16-11(17)8-6-9(15(18)19)10(13-7-8)14-4-1-2-12-3-5-14/h6-7,12H,1-5H2,(H,16,17). The van der Waals surface area contributed by atoms with E-state index in [2.05, 4.69) is 10.3 Å². The van der Waals surface area contributed by atoms with Crippen LogP contribution in [0.3, 0.4) is 0 Å². The number of nitro groups is 1. The lowest BCUT2D eigenvalue weighted by Crippen LogP contribution is -2.29. The first kappa shape index (κ1) is 13.2. The summed E-state index contributed by atoms with van der Waals surface area (Å²) in [5, 5.41) is 23.1. The Balaban J connectivity index is 2.37. The van der Waals surface area contributed by atoms with Crippen LogP contribution in [0.15, 0.2) is 12.3 Å². The smallest absolute Gasteiger partial charge is 0.337 e. The molecule has 1 fully saturated rings. The fraction of sp³-hybridized carbons (Fsp3) is 0.455. The van der Waals surface area contributed by atoms with Crippen molar-refractivity contribution in [1.29, 1.82) is 0 Å². The van der Waals surface area contributed by atoms with Crippen LogP contribution < -0.4 is 10.2 Å². The molecule has 8 nitrogen and oxygen atoms in total. The maximum Gasteiger partial charge on any atom is 0.337 e. The SMILES string of the molecule is O=C(O)c1cnc(N2CCCNCC2)c([N+](=O)[O-])c1. The van der Waals surface area contributed by atoms with Crippen LogP contribution in [-0.2, 0) is 0 Å². The highest BCUT2D eigenvalue weighted by Crippen LogP contribution is 2.26.